The lowest BCUT2D eigenvalue weighted by Gasteiger charge is -2.22. The Morgan fingerprint density at radius 2 is 1.96 bits per heavy atom. The predicted octanol–water partition coefficient (Wildman–Crippen LogP) is 3.56. The van der Waals surface area contributed by atoms with Gasteiger partial charge in [0.25, 0.3) is 11.5 Å². The molecule has 6 heteroatoms. The van der Waals surface area contributed by atoms with E-state index in [1.807, 2.05) is 0 Å². The maximum Gasteiger partial charge on any atom is 0.265 e. The number of nitrogens with zero attached hydrogens (tertiary/aromatic N) is 2. The number of halogens is 1. The van der Waals surface area contributed by atoms with Crippen LogP contribution in [0.15, 0.2) is 41.3 Å². The molecule has 2 aromatic heterocycles. The number of carbonyl (C=O) groups excluding carboxylic acids is 1. The average Bonchev–Trinajstić information content (AvgIpc) is 2.62. The van der Waals surface area contributed by atoms with Gasteiger partial charge in [0, 0.05) is 17.3 Å². The second kappa shape index (κ2) is 6.48. The number of rotatable bonds is 2. The van der Waals surface area contributed by atoms with Gasteiger partial charge in [0.05, 0.1) is 16.5 Å². The molecule has 1 amide bonds. The van der Waals surface area contributed by atoms with E-state index in [1.54, 1.807) is 36.5 Å². The summed E-state index contributed by atoms with van der Waals surface area (Å²) in [4.78, 5) is 29.7. The van der Waals surface area contributed by atoms with E-state index in [0.717, 1.165) is 25.7 Å². The molecule has 1 aromatic carbocycles. The standard InChI is InChI=1S/C19H18ClN3O2/c20-13-7-8-15-16(10-13)22-17-9-6-12(11-23(17)19(15)25)18(24)21-14-4-2-1-3-5-14/h6-11,14H,1-5H2,(H,21,24). The highest BCUT2D eigenvalue weighted by Gasteiger charge is 2.17. The number of fused-ring (bicyclic) bond motifs is 2. The van der Waals surface area contributed by atoms with Crippen LogP contribution in [0.3, 0.4) is 0 Å². The van der Waals surface area contributed by atoms with Crippen molar-refractivity contribution in [1.82, 2.24) is 14.7 Å². The predicted molar refractivity (Wildman–Crippen MR) is 98.3 cm³/mol. The first kappa shape index (κ1) is 16.1. The summed E-state index contributed by atoms with van der Waals surface area (Å²) in [6, 6.07) is 8.62. The largest absolute Gasteiger partial charge is 0.349 e. The van der Waals surface area contributed by atoms with Gasteiger partial charge in [-0.25, -0.2) is 4.98 Å². The molecule has 0 radical (unpaired) electrons. The summed E-state index contributed by atoms with van der Waals surface area (Å²) in [6.45, 7) is 0. The maximum atomic E-state index is 12.7. The van der Waals surface area contributed by atoms with Crippen molar-refractivity contribution in [1.29, 1.82) is 0 Å². The first-order valence-corrected chi connectivity index (χ1v) is 8.92. The maximum absolute atomic E-state index is 12.7. The molecule has 0 saturated heterocycles. The van der Waals surface area contributed by atoms with Crippen molar-refractivity contribution in [2.24, 2.45) is 0 Å². The van der Waals surface area contributed by atoms with Gasteiger partial charge in [0.15, 0.2) is 0 Å². The van der Waals surface area contributed by atoms with Crippen molar-refractivity contribution in [3.05, 3.63) is 57.5 Å². The third kappa shape index (κ3) is 3.12. The zero-order valence-electron chi connectivity index (χ0n) is 13.7. The third-order valence-electron chi connectivity index (χ3n) is 4.77. The molecule has 1 aliphatic rings. The fraction of sp³-hybridized carbons (Fsp3) is 0.316. The summed E-state index contributed by atoms with van der Waals surface area (Å²) < 4.78 is 1.42. The Hall–Kier alpha value is -2.40. The zero-order valence-corrected chi connectivity index (χ0v) is 14.4. The van der Waals surface area contributed by atoms with Gasteiger partial charge in [-0.2, -0.15) is 0 Å². The molecule has 1 aliphatic carbocycles. The number of aromatic nitrogens is 2. The zero-order chi connectivity index (χ0) is 17.4. The topological polar surface area (TPSA) is 63.5 Å². The van der Waals surface area contributed by atoms with Crippen molar-refractivity contribution in [2.75, 3.05) is 0 Å². The van der Waals surface area contributed by atoms with Crippen LogP contribution in [0.2, 0.25) is 5.02 Å². The summed E-state index contributed by atoms with van der Waals surface area (Å²) in [5, 5.41) is 4.08. The van der Waals surface area contributed by atoms with Gasteiger partial charge in [-0.05, 0) is 43.2 Å². The van der Waals surface area contributed by atoms with Gasteiger partial charge in [-0.3, -0.25) is 14.0 Å². The first-order valence-electron chi connectivity index (χ1n) is 8.54. The molecular weight excluding hydrogens is 338 g/mol. The van der Waals surface area contributed by atoms with Crippen LogP contribution in [0.5, 0.6) is 0 Å². The van der Waals surface area contributed by atoms with Crippen LogP contribution in [-0.2, 0) is 0 Å². The van der Waals surface area contributed by atoms with Crippen LogP contribution in [-0.4, -0.2) is 21.3 Å². The quantitative estimate of drug-likeness (QED) is 0.715. The Labute approximate surface area is 149 Å². The van der Waals surface area contributed by atoms with Crippen molar-refractivity contribution >= 4 is 34.1 Å². The monoisotopic (exact) mass is 355 g/mol. The van der Waals surface area contributed by atoms with Crippen LogP contribution in [0, 0.1) is 0 Å². The Kier molecular flexibility index (Phi) is 4.17. The Balaban J connectivity index is 1.73. The molecule has 1 fully saturated rings. The SMILES string of the molecule is O=C(NC1CCCCC1)c1ccc2nc3cc(Cl)ccc3c(=O)n2c1. The van der Waals surface area contributed by atoms with Gasteiger partial charge >= 0.3 is 0 Å². The first-order chi connectivity index (χ1) is 12.1. The van der Waals surface area contributed by atoms with Crippen molar-refractivity contribution in [2.45, 2.75) is 38.1 Å². The fourth-order valence-electron chi connectivity index (χ4n) is 3.43. The smallest absolute Gasteiger partial charge is 0.265 e. The molecule has 1 saturated carbocycles. The number of benzene rings is 1. The van der Waals surface area contributed by atoms with Crippen molar-refractivity contribution < 1.29 is 4.79 Å². The second-order valence-electron chi connectivity index (χ2n) is 6.53. The number of nitrogens with one attached hydrogen (secondary N) is 1. The lowest BCUT2D eigenvalue weighted by molar-refractivity contribution is 0.0927. The van der Waals surface area contributed by atoms with Crippen LogP contribution < -0.4 is 10.9 Å². The van der Waals surface area contributed by atoms with Gasteiger partial charge in [-0.1, -0.05) is 30.9 Å². The highest BCUT2D eigenvalue weighted by molar-refractivity contribution is 6.31. The Morgan fingerprint density at radius 3 is 2.76 bits per heavy atom. The van der Waals surface area contributed by atoms with E-state index in [2.05, 4.69) is 10.3 Å². The van der Waals surface area contributed by atoms with E-state index in [-0.39, 0.29) is 17.5 Å². The lowest BCUT2D eigenvalue weighted by atomic mass is 9.95. The van der Waals surface area contributed by atoms with Crippen molar-refractivity contribution in [3.63, 3.8) is 0 Å². The molecule has 3 aromatic rings. The minimum Gasteiger partial charge on any atom is -0.349 e. The minimum absolute atomic E-state index is 0.142. The summed E-state index contributed by atoms with van der Waals surface area (Å²) in [5.74, 6) is -0.142. The Bertz CT molecular complexity index is 1020. The highest BCUT2D eigenvalue weighted by atomic mass is 35.5. The summed E-state index contributed by atoms with van der Waals surface area (Å²) in [7, 11) is 0. The fourth-order valence-corrected chi connectivity index (χ4v) is 3.59. The van der Waals surface area contributed by atoms with E-state index in [1.165, 1.54) is 10.8 Å². The van der Waals surface area contributed by atoms with Gasteiger partial charge in [-0.15, -0.1) is 0 Å². The molecule has 0 aliphatic heterocycles. The lowest BCUT2D eigenvalue weighted by Crippen LogP contribution is -2.36. The normalized spacial score (nSPS) is 15.6. The molecule has 5 nitrogen and oxygen atoms in total. The molecular formula is C19H18ClN3O2. The van der Waals surface area contributed by atoms with Crippen molar-refractivity contribution in [3.8, 4) is 0 Å². The molecule has 4 rings (SSSR count). The van der Waals surface area contributed by atoms with Gasteiger partial charge < -0.3 is 5.32 Å². The van der Waals surface area contributed by atoms with Crippen LogP contribution >= 0.6 is 11.6 Å². The average molecular weight is 356 g/mol. The van der Waals surface area contributed by atoms with E-state index in [9.17, 15) is 9.59 Å². The number of carbonyl (C=O) groups is 1. The minimum atomic E-state index is -0.205. The van der Waals surface area contributed by atoms with E-state index < -0.39 is 0 Å². The van der Waals surface area contributed by atoms with E-state index in [4.69, 9.17) is 11.6 Å². The number of pyridine rings is 1. The van der Waals surface area contributed by atoms with E-state index in [0.29, 0.717) is 27.1 Å². The number of hydrogen-bond acceptors (Lipinski definition) is 3. The summed E-state index contributed by atoms with van der Waals surface area (Å²) in [6.07, 6.45) is 7.15. The second-order valence-corrected chi connectivity index (χ2v) is 6.97. The molecule has 128 valence electrons. The van der Waals surface area contributed by atoms with E-state index >= 15 is 0 Å². The molecule has 0 spiro atoms. The highest BCUT2D eigenvalue weighted by Crippen LogP contribution is 2.18. The van der Waals surface area contributed by atoms with Gasteiger partial charge in [0.1, 0.15) is 5.65 Å². The summed E-state index contributed by atoms with van der Waals surface area (Å²) >= 11 is 5.98. The molecule has 1 N–H and O–H groups in total. The third-order valence-corrected chi connectivity index (χ3v) is 5.01. The Morgan fingerprint density at radius 1 is 1.16 bits per heavy atom. The number of hydrogen-bond donors (Lipinski definition) is 1. The molecule has 2 heterocycles. The van der Waals surface area contributed by atoms with Crippen LogP contribution in [0.4, 0.5) is 0 Å². The van der Waals surface area contributed by atoms with Gasteiger partial charge in [0.2, 0.25) is 0 Å². The molecule has 0 bridgehead atoms. The van der Waals surface area contributed by atoms with Crippen LogP contribution in [0.1, 0.15) is 42.5 Å². The molecule has 0 atom stereocenters. The van der Waals surface area contributed by atoms with Crippen LogP contribution in [0.25, 0.3) is 16.6 Å². The molecule has 25 heavy (non-hydrogen) atoms. The molecule has 0 unspecified atom stereocenters. The number of amides is 1. The summed E-state index contributed by atoms with van der Waals surface area (Å²) in [5.41, 5.74) is 1.31.